The molecular formula is C24H33F5N4O7S2. The molecule has 0 bridgehead atoms. The predicted molar refractivity (Wildman–Crippen MR) is 141 cm³/mol. The molecule has 2 fully saturated rings. The van der Waals surface area contributed by atoms with E-state index in [4.69, 9.17) is 14.2 Å². The first-order chi connectivity index (χ1) is 20.0. The molecule has 3 amide bonds. The molecular weight excluding hydrogens is 615 g/mol. The molecule has 0 unspecified atom stereocenters. The lowest BCUT2D eigenvalue weighted by Gasteiger charge is -2.16. The minimum absolute atomic E-state index is 0.0342. The quantitative estimate of drug-likeness (QED) is 0.0582. The molecule has 0 radical (unpaired) electrons. The maximum absolute atomic E-state index is 13.7. The van der Waals surface area contributed by atoms with E-state index in [0.717, 1.165) is 25.0 Å². The average molecular weight is 649 g/mol. The highest BCUT2D eigenvalue weighted by Crippen LogP contribution is 2.33. The summed E-state index contributed by atoms with van der Waals surface area (Å²) >= 11 is 1.84. The molecule has 238 valence electrons. The zero-order chi connectivity index (χ0) is 30.7. The van der Waals surface area contributed by atoms with Crippen LogP contribution in [0.3, 0.4) is 0 Å². The molecule has 2 saturated heterocycles. The summed E-state index contributed by atoms with van der Waals surface area (Å²) in [5.74, 6) is -11.3. The van der Waals surface area contributed by atoms with Crippen LogP contribution in [0, 0.1) is 29.1 Å². The lowest BCUT2D eigenvalue weighted by Crippen LogP contribution is -2.36. The van der Waals surface area contributed by atoms with Crippen LogP contribution in [0.1, 0.15) is 25.7 Å². The van der Waals surface area contributed by atoms with Crippen molar-refractivity contribution in [2.45, 2.75) is 47.9 Å². The monoisotopic (exact) mass is 648 g/mol. The summed E-state index contributed by atoms with van der Waals surface area (Å²) in [5, 5.41) is 9.01. The van der Waals surface area contributed by atoms with Gasteiger partial charge in [-0.05, 0) is 12.8 Å². The van der Waals surface area contributed by atoms with Crippen LogP contribution in [0.2, 0.25) is 0 Å². The molecule has 2 heterocycles. The number of hydrogen-bond acceptors (Lipinski definition) is 8. The number of sulfonamides is 1. The third kappa shape index (κ3) is 9.63. The standard InChI is InChI=1S/C24H33F5N4O7S2/c25-17-18(26)20(28)23(21(29)19(17)27)42(36,37)31-6-8-39-10-12-40-11-9-38-7-5-30-16(34)4-2-1-3-15-22-14(13-41-15)32-24(35)33-22/h14-15,22,31H,1-13H2,(H,30,34)(H2,32,33,35)/t14-,15-,22-/m0/s1. The van der Waals surface area contributed by atoms with Gasteiger partial charge in [-0.2, -0.15) is 11.8 Å². The summed E-state index contributed by atoms with van der Waals surface area (Å²) in [6, 6.07) is 0.250. The van der Waals surface area contributed by atoms with Gasteiger partial charge in [-0.25, -0.2) is 39.9 Å². The van der Waals surface area contributed by atoms with Crippen molar-refractivity contribution in [2.24, 2.45) is 0 Å². The molecule has 0 spiro atoms. The van der Waals surface area contributed by atoms with Gasteiger partial charge in [0.1, 0.15) is 0 Å². The van der Waals surface area contributed by atoms with Crippen molar-refractivity contribution >= 4 is 33.7 Å². The highest BCUT2D eigenvalue weighted by atomic mass is 32.2. The number of amides is 3. The van der Waals surface area contributed by atoms with Crippen LogP contribution in [0.25, 0.3) is 0 Å². The number of thioether (sulfide) groups is 1. The molecule has 42 heavy (non-hydrogen) atoms. The fourth-order valence-corrected chi connectivity index (χ4v) is 7.00. The molecule has 4 N–H and O–H groups in total. The Morgan fingerprint density at radius 2 is 1.40 bits per heavy atom. The number of carbonyl (C=O) groups excluding carboxylic acids is 2. The van der Waals surface area contributed by atoms with Crippen molar-refractivity contribution in [1.29, 1.82) is 0 Å². The van der Waals surface area contributed by atoms with Crippen molar-refractivity contribution in [2.75, 3.05) is 58.5 Å². The first kappa shape index (κ1) is 34.2. The predicted octanol–water partition coefficient (Wildman–Crippen LogP) is 1.55. The van der Waals surface area contributed by atoms with Crippen molar-refractivity contribution in [3.05, 3.63) is 29.1 Å². The van der Waals surface area contributed by atoms with Gasteiger partial charge in [0.05, 0.1) is 51.7 Å². The van der Waals surface area contributed by atoms with Crippen molar-refractivity contribution < 1.29 is 54.2 Å². The molecule has 3 rings (SSSR count). The molecule has 2 aliphatic heterocycles. The van der Waals surface area contributed by atoms with E-state index < -0.39 is 50.5 Å². The number of fused-ring (bicyclic) bond motifs is 1. The van der Waals surface area contributed by atoms with E-state index in [1.807, 2.05) is 11.8 Å². The highest BCUT2D eigenvalue weighted by Gasteiger charge is 2.42. The Balaban J connectivity index is 1.12. The van der Waals surface area contributed by atoms with Crippen LogP contribution in [0.4, 0.5) is 26.7 Å². The molecule has 1 aromatic rings. The van der Waals surface area contributed by atoms with Gasteiger partial charge in [0.25, 0.3) is 0 Å². The second kappa shape index (κ2) is 16.6. The number of benzene rings is 1. The molecule has 0 aliphatic carbocycles. The average Bonchev–Trinajstić information content (AvgIpc) is 3.50. The third-order valence-corrected chi connectivity index (χ3v) is 9.36. The summed E-state index contributed by atoms with van der Waals surface area (Å²) in [5.41, 5.74) is 0. The van der Waals surface area contributed by atoms with Gasteiger partial charge < -0.3 is 30.2 Å². The van der Waals surface area contributed by atoms with E-state index in [-0.39, 0.29) is 57.1 Å². The normalized spacial score (nSPS) is 19.9. The Hall–Kier alpha value is -2.25. The fraction of sp³-hybridized carbons (Fsp3) is 0.667. The molecule has 18 heteroatoms. The Bertz CT molecular complexity index is 1170. The van der Waals surface area contributed by atoms with Gasteiger partial charge in [0.2, 0.25) is 21.7 Å². The molecule has 0 saturated carbocycles. The third-order valence-electron chi connectivity index (χ3n) is 6.37. The topological polar surface area (TPSA) is 144 Å². The largest absolute Gasteiger partial charge is 0.378 e. The van der Waals surface area contributed by atoms with Crippen LogP contribution in [0.5, 0.6) is 0 Å². The summed E-state index contributed by atoms with van der Waals surface area (Å²) in [4.78, 5) is 21.4. The number of unbranched alkanes of at least 4 members (excludes halogenated alkanes) is 1. The fourth-order valence-electron chi connectivity index (χ4n) is 4.31. The molecule has 0 aromatic heterocycles. The van der Waals surface area contributed by atoms with Gasteiger partial charge in [-0.1, -0.05) is 6.42 Å². The second-order valence-corrected chi connectivity index (χ2v) is 12.3. The summed E-state index contributed by atoms with van der Waals surface area (Å²) in [6.45, 7) is 0.525. The van der Waals surface area contributed by atoms with E-state index in [9.17, 15) is 40.0 Å². The second-order valence-electron chi connectivity index (χ2n) is 9.35. The van der Waals surface area contributed by atoms with Crippen LogP contribution >= 0.6 is 11.8 Å². The first-order valence-corrected chi connectivity index (χ1v) is 15.8. The number of hydrogen-bond donors (Lipinski definition) is 4. The Labute approximate surface area is 244 Å². The number of nitrogens with one attached hydrogen (secondary N) is 4. The summed E-state index contributed by atoms with van der Waals surface area (Å²) in [6.07, 6.45) is 3.02. The number of rotatable bonds is 19. The smallest absolute Gasteiger partial charge is 0.315 e. The maximum Gasteiger partial charge on any atom is 0.315 e. The SMILES string of the molecule is O=C(CCCC[C@@H]1SC[C@@H]2NC(=O)N[C@@H]21)NCCOCCOCCOCCNS(=O)(=O)c1c(F)c(F)c(F)c(F)c1F. The van der Waals surface area contributed by atoms with E-state index in [1.165, 1.54) is 0 Å². The zero-order valence-electron chi connectivity index (χ0n) is 22.5. The van der Waals surface area contributed by atoms with Crippen molar-refractivity contribution in [3.63, 3.8) is 0 Å². The van der Waals surface area contributed by atoms with E-state index >= 15 is 0 Å². The zero-order valence-corrected chi connectivity index (χ0v) is 24.1. The number of urea groups is 1. The Morgan fingerprint density at radius 1 is 0.833 bits per heavy atom. The van der Waals surface area contributed by atoms with Crippen LogP contribution in [-0.4, -0.2) is 96.2 Å². The van der Waals surface area contributed by atoms with Gasteiger partial charge >= 0.3 is 6.03 Å². The lowest BCUT2D eigenvalue weighted by atomic mass is 10.0. The van der Waals surface area contributed by atoms with E-state index in [0.29, 0.717) is 24.8 Å². The van der Waals surface area contributed by atoms with E-state index in [2.05, 4.69) is 16.0 Å². The summed E-state index contributed by atoms with van der Waals surface area (Å²) < 4.78 is 108. The highest BCUT2D eigenvalue weighted by molar-refractivity contribution is 8.00. The first-order valence-electron chi connectivity index (χ1n) is 13.2. The van der Waals surface area contributed by atoms with Crippen molar-refractivity contribution in [3.8, 4) is 0 Å². The number of halogens is 5. The maximum atomic E-state index is 13.7. The molecule has 1 aromatic carbocycles. The molecule has 11 nitrogen and oxygen atoms in total. The minimum atomic E-state index is -5.03. The minimum Gasteiger partial charge on any atom is -0.378 e. The number of carbonyl (C=O) groups is 2. The Kier molecular flexibility index (Phi) is 13.5. The van der Waals surface area contributed by atoms with Gasteiger partial charge in [-0.15, -0.1) is 0 Å². The molecule has 2 aliphatic rings. The van der Waals surface area contributed by atoms with Gasteiger partial charge in [0.15, 0.2) is 28.2 Å². The van der Waals surface area contributed by atoms with Crippen LogP contribution < -0.4 is 20.7 Å². The summed E-state index contributed by atoms with van der Waals surface area (Å²) in [7, 11) is -5.03. The lowest BCUT2D eigenvalue weighted by molar-refractivity contribution is -0.121. The van der Waals surface area contributed by atoms with Gasteiger partial charge in [-0.3, -0.25) is 4.79 Å². The van der Waals surface area contributed by atoms with Crippen LogP contribution in [0.15, 0.2) is 4.90 Å². The Morgan fingerprint density at radius 3 is 2.05 bits per heavy atom. The van der Waals surface area contributed by atoms with Gasteiger partial charge in [0, 0.05) is 30.5 Å². The van der Waals surface area contributed by atoms with E-state index in [1.54, 1.807) is 4.72 Å². The number of ether oxygens (including phenoxy) is 3. The van der Waals surface area contributed by atoms with Crippen LogP contribution in [-0.2, 0) is 29.0 Å². The molecule has 3 atom stereocenters. The van der Waals surface area contributed by atoms with Crippen molar-refractivity contribution in [1.82, 2.24) is 20.7 Å².